The summed E-state index contributed by atoms with van der Waals surface area (Å²) in [5.41, 5.74) is 1.70. The number of para-hydroxylation sites is 1. The lowest BCUT2D eigenvalue weighted by Crippen LogP contribution is -2.36. The predicted octanol–water partition coefficient (Wildman–Crippen LogP) is 2.29. The Kier molecular flexibility index (Phi) is 3.90. The summed E-state index contributed by atoms with van der Waals surface area (Å²) in [5.74, 6) is 2.90. The van der Waals surface area contributed by atoms with Crippen LogP contribution in [-0.2, 0) is 20.1 Å². The Balaban J connectivity index is 1.41. The van der Waals surface area contributed by atoms with Crippen molar-refractivity contribution < 1.29 is 9.47 Å². The van der Waals surface area contributed by atoms with Crippen LogP contribution in [0.15, 0.2) is 30.6 Å². The monoisotopic (exact) mass is 354 g/mol. The summed E-state index contributed by atoms with van der Waals surface area (Å²) in [7, 11) is 2.07. The lowest BCUT2D eigenvalue weighted by atomic mass is 9.93. The second-order valence-corrected chi connectivity index (χ2v) is 7.84. The second kappa shape index (κ2) is 6.28. The summed E-state index contributed by atoms with van der Waals surface area (Å²) in [6, 6.07) is 6.84. The third-order valence-corrected chi connectivity index (χ3v) is 6.30. The van der Waals surface area contributed by atoms with Gasteiger partial charge in [0, 0.05) is 37.6 Å². The molecule has 2 aromatic rings. The fraction of sp³-hybridized carbons (Fsp3) is 0.550. The maximum Gasteiger partial charge on any atom is 0.231 e. The van der Waals surface area contributed by atoms with Crippen molar-refractivity contribution in [1.82, 2.24) is 19.8 Å². The maximum absolute atomic E-state index is 5.75. The average Bonchev–Trinajstić information content (AvgIpc) is 3.00. The third-order valence-electron chi connectivity index (χ3n) is 6.30. The van der Waals surface area contributed by atoms with Gasteiger partial charge in [-0.25, -0.2) is 4.98 Å². The molecule has 5 rings (SSSR count). The fourth-order valence-corrected chi connectivity index (χ4v) is 4.65. The molecule has 0 amide bonds. The van der Waals surface area contributed by atoms with Gasteiger partial charge < -0.3 is 19.4 Å². The maximum atomic E-state index is 5.75. The van der Waals surface area contributed by atoms with Crippen LogP contribution in [0.1, 0.15) is 30.7 Å². The molecule has 26 heavy (non-hydrogen) atoms. The van der Waals surface area contributed by atoms with Crippen molar-refractivity contribution in [3.63, 3.8) is 0 Å². The van der Waals surface area contributed by atoms with E-state index in [-0.39, 0.29) is 0 Å². The van der Waals surface area contributed by atoms with Crippen LogP contribution in [0, 0.1) is 5.41 Å². The molecular formula is C20H26N4O2. The molecule has 0 unspecified atom stereocenters. The number of ether oxygens (including phenoxy) is 2. The quantitative estimate of drug-likeness (QED) is 0.893. The SMILES string of the molecule is Cn1ccnc1CN(Cc1cccc2c1OCO2)[C@@H]1CC12CCNCC2. The zero-order valence-electron chi connectivity index (χ0n) is 15.3. The Bertz CT molecular complexity index is 797. The van der Waals surface area contributed by atoms with Crippen molar-refractivity contribution in [2.24, 2.45) is 12.5 Å². The highest BCUT2D eigenvalue weighted by Gasteiger charge is 2.56. The van der Waals surface area contributed by atoms with Crippen LogP contribution in [0.5, 0.6) is 11.5 Å². The number of nitrogens with one attached hydrogen (secondary N) is 1. The molecule has 1 atom stereocenters. The van der Waals surface area contributed by atoms with Crippen molar-refractivity contribution in [2.45, 2.75) is 38.4 Å². The number of nitrogens with zero attached hydrogens (tertiary/aromatic N) is 3. The summed E-state index contributed by atoms with van der Waals surface area (Å²) < 4.78 is 13.4. The van der Waals surface area contributed by atoms with Crippen molar-refractivity contribution >= 4 is 0 Å². The Morgan fingerprint density at radius 1 is 1.27 bits per heavy atom. The van der Waals surface area contributed by atoms with E-state index in [4.69, 9.17) is 9.47 Å². The van der Waals surface area contributed by atoms with Crippen LogP contribution in [-0.4, -0.2) is 40.4 Å². The number of benzene rings is 1. The van der Waals surface area contributed by atoms with Crippen molar-refractivity contribution in [3.05, 3.63) is 42.0 Å². The molecule has 1 saturated carbocycles. The molecule has 0 radical (unpaired) electrons. The fourth-order valence-electron chi connectivity index (χ4n) is 4.65. The molecule has 1 spiro atoms. The highest BCUT2D eigenvalue weighted by Crippen LogP contribution is 2.56. The van der Waals surface area contributed by atoms with Crippen molar-refractivity contribution in [1.29, 1.82) is 0 Å². The van der Waals surface area contributed by atoms with Gasteiger partial charge in [0.15, 0.2) is 11.5 Å². The lowest BCUT2D eigenvalue weighted by molar-refractivity contribution is 0.165. The Morgan fingerprint density at radius 2 is 2.15 bits per heavy atom. The summed E-state index contributed by atoms with van der Waals surface area (Å²) in [5, 5.41) is 3.51. The first-order valence-electron chi connectivity index (χ1n) is 9.54. The van der Waals surface area contributed by atoms with Gasteiger partial charge >= 0.3 is 0 Å². The molecule has 3 heterocycles. The molecule has 6 nitrogen and oxygen atoms in total. The zero-order valence-corrected chi connectivity index (χ0v) is 15.3. The highest BCUT2D eigenvalue weighted by molar-refractivity contribution is 5.48. The molecule has 1 aliphatic carbocycles. The van der Waals surface area contributed by atoms with Crippen LogP contribution < -0.4 is 14.8 Å². The molecular weight excluding hydrogens is 328 g/mol. The van der Waals surface area contributed by atoms with E-state index in [1.165, 1.54) is 24.8 Å². The first-order chi connectivity index (χ1) is 12.8. The lowest BCUT2D eigenvalue weighted by Gasteiger charge is -2.29. The van der Waals surface area contributed by atoms with Crippen molar-refractivity contribution in [3.8, 4) is 11.5 Å². The van der Waals surface area contributed by atoms with E-state index in [9.17, 15) is 0 Å². The molecule has 2 aliphatic heterocycles. The standard InChI is InChI=1S/C20H26N4O2/c1-23-10-9-22-18(23)13-24(17-11-20(17)5-7-21-8-6-20)12-15-3-2-4-16-19(15)26-14-25-16/h2-4,9-10,17,21H,5-8,11-14H2,1H3/t17-/m1/s1. The van der Waals surface area contributed by atoms with Crippen LogP contribution in [0.2, 0.25) is 0 Å². The summed E-state index contributed by atoms with van der Waals surface area (Å²) in [4.78, 5) is 7.17. The van der Waals surface area contributed by atoms with Gasteiger partial charge in [-0.3, -0.25) is 4.90 Å². The number of hydrogen-bond acceptors (Lipinski definition) is 5. The first-order valence-corrected chi connectivity index (χ1v) is 9.54. The van der Waals surface area contributed by atoms with Gasteiger partial charge in [0.05, 0.1) is 6.54 Å². The first kappa shape index (κ1) is 16.1. The van der Waals surface area contributed by atoms with Gasteiger partial charge in [-0.1, -0.05) is 12.1 Å². The van der Waals surface area contributed by atoms with Gasteiger partial charge in [0.25, 0.3) is 0 Å². The Labute approximate surface area is 154 Å². The number of fused-ring (bicyclic) bond motifs is 1. The molecule has 6 heteroatoms. The Hall–Kier alpha value is -2.05. The predicted molar refractivity (Wildman–Crippen MR) is 98.0 cm³/mol. The topological polar surface area (TPSA) is 51.6 Å². The van der Waals surface area contributed by atoms with E-state index >= 15 is 0 Å². The number of imidazole rings is 1. The minimum Gasteiger partial charge on any atom is -0.454 e. The van der Waals surface area contributed by atoms with E-state index in [0.29, 0.717) is 18.2 Å². The minimum absolute atomic E-state index is 0.324. The molecule has 1 aromatic heterocycles. The molecule has 1 aromatic carbocycles. The molecule has 1 N–H and O–H groups in total. The van der Waals surface area contributed by atoms with Gasteiger partial charge in [0.2, 0.25) is 6.79 Å². The van der Waals surface area contributed by atoms with Crippen LogP contribution in [0.25, 0.3) is 0 Å². The molecule has 1 saturated heterocycles. The number of aryl methyl sites for hydroxylation is 1. The third kappa shape index (κ3) is 2.77. The van der Waals surface area contributed by atoms with Gasteiger partial charge in [0.1, 0.15) is 5.82 Å². The molecule has 3 aliphatic rings. The van der Waals surface area contributed by atoms with E-state index in [1.807, 2.05) is 18.5 Å². The zero-order chi connectivity index (χ0) is 17.6. The highest BCUT2D eigenvalue weighted by atomic mass is 16.7. The van der Waals surface area contributed by atoms with Gasteiger partial charge in [-0.05, 0) is 43.8 Å². The van der Waals surface area contributed by atoms with Crippen LogP contribution in [0.3, 0.4) is 0 Å². The minimum atomic E-state index is 0.324. The van der Waals surface area contributed by atoms with Gasteiger partial charge in [-0.15, -0.1) is 0 Å². The van der Waals surface area contributed by atoms with E-state index < -0.39 is 0 Å². The van der Waals surface area contributed by atoms with E-state index in [0.717, 1.165) is 43.5 Å². The largest absolute Gasteiger partial charge is 0.454 e. The Morgan fingerprint density at radius 3 is 2.96 bits per heavy atom. The molecule has 0 bridgehead atoms. The summed E-state index contributed by atoms with van der Waals surface area (Å²) in [6.07, 6.45) is 7.77. The summed E-state index contributed by atoms with van der Waals surface area (Å²) >= 11 is 0. The number of aromatic nitrogens is 2. The van der Waals surface area contributed by atoms with Gasteiger partial charge in [-0.2, -0.15) is 0 Å². The number of hydrogen-bond donors (Lipinski definition) is 1. The van der Waals surface area contributed by atoms with E-state index in [2.05, 4.69) is 38.9 Å². The normalized spacial score (nSPS) is 22.9. The van der Waals surface area contributed by atoms with Crippen LogP contribution >= 0.6 is 0 Å². The summed E-state index contributed by atoms with van der Waals surface area (Å²) in [6.45, 7) is 4.35. The second-order valence-electron chi connectivity index (χ2n) is 7.84. The van der Waals surface area contributed by atoms with E-state index in [1.54, 1.807) is 0 Å². The smallest absolute Gasteiger partial charge is 0.231 e. The number of piperidine rings is 1. The van der Waals surface area contributed by atoms with Crippen LogP contribution in [0.4, 0.5) is 0 Å². The average molecular weight is 354 g/mol. The molecule has 138 valence electrons. The molecule has 2 fully saturated rings. The number of rotatable bonds is 5. The van der Waals surface area contributed by atoms with Crippen molar-refractivity contribution in [2.75, 3.05) is 19.9 Å².